The summed E-state index contributed by atoms with van der Waals surface area (Å²) in [5.74, 6) is 0. The lowest BCUT2D eigenvalue weighted by molar-refractivity contribution is -0.107. The van der Waals surface area contributed by atoms with Crippen molar-refractivity contribution in [3.8, 4) is 0 Å². The van der Waals surface area contributed by atoms with E-state index in [1.807, 2.05) is 6.92 Å². The van der Waals surface area contributed by atoms with E-state index in [-0.39, 0.29) is 4.90 Å². The predicted molar refractivity (Wildman–Crippen MR) is 73.6 cm³/mol. The highest BCUT2D eigenvalue weighted by atomic mass is 32.2. The van der Waals surface area contributed by atoms with Crippen LogP contribution in [-0.2, 0) is 14.6 Å². The molecule has 98 valence electrons. The van der Waals surface area contributed by atoms with Crippen LogP contribution in [0.25, 0.3) is 0 Å². The average molecular weight is 274 g/mol. The Morgan fingerprint density at radius 2 is 1.53 bits per heavy atom. The Kier molecular flexibility index (Phi) is 3.81. The maximum Gasteiger partial charge on any atom is 0.192 e. The molecule has 0 fully saturated rings. The Morgan fingerprint density at radius 1 is 0.947 bits per heavy atom. The maximum absolute atomic E-state index is 12.4. The Hall–Kier alpha value is -1.94. The van der Waals surface area contributed by atoms with Gasteiger partial charge >= 0.3 is 0 Å². The number of hydrogen-bond donors (Lipinski definition) is 0. The molecule has 0 unspecified atom stereocenters. The van der Waals surface area contributed by atoms with E-state index in [9.17, 15) is 13.2 Å². The number of hydrogen-bond acceptors (Lipinski definition) is 3. The quantitative estimate of drug-likeness (QED) is 0.805. The van der Waals surface area contributed by atoms with Crippen LogP contribution in [0.5, 0.6) is 0 Å². The van der Waals surface area contributed by atoms with E-state index < -0.39 is 15.1 Å². The van der Waals surface area contributed by atoms with Crippen molar-refractivity contribution in [3.05, 3.63) is 65.7 Å². The summed E-state index contributed by atoms with van der Waals surface area (Å²) in [5.41, 5.74) is 1.46. The zero-order valence-corrected chi connectivity index (χ0v) is 11.3. The minimum absolute atomic E-state index is 0.166. The van der Waals surface area contributed by atoms with Gasteiger partial charge in [-0.15, -0.1) is 0 Å². The van der Waals surface area contributed by atoms with Crippen LogP contribution < -0.4 is 0 Å². The zero-order chi connectivity index (χ0) is 13.9. The van der Waals surface area contributed by atoms with Crippen LogP contribution in [0.15, 0.2) is 59.5 Å². The lowest BCUT2D eigenvalue weighted by Gasteiger charge is -2.12. The molecule has 0 saturated carbocycles. The molecule has 2 rings (SSSR count). The highest BCUT2D eigenvalue weighted by molar-refractivity contribution is 7.92. The molecular formula is C15H14O3S. The number of aldehydes is 1. The largest absolute Gasteiger partial charge is 0.302 e. The standard InChI is InChI=1S/C15H14O3S/c1-12-7-9-14(10-8-12)19(17,18)15(11-16)13-5-3-2-4-6-13/h2-11,15H,1H3/t15-/m1/s1. The SMILES string of the molecule is Cc1ccc(S(=O)(=O)[C@H](C=O)c2ccccc2)cc1. The van der Waals surface area contributed by atoms with E-state index in [0.29, 0.717) is 11.8 Å². The van der Waals surface area contributed by atoms with Crippen LogP contribution in [0.2, 0.25) is 0 Å². The number of carbonyl (C=O) groups excluding carboxylic acids is 1. The first-order chi connectivity index (χ1) is 9.05. The lowest BCUT2D eigenvalue weighted by Crippen LogP contribution is -2.15. The number of aryl methyl sites for hydroxylation is 1. The normalized spacial score (nSPS) is 12.9. The fourth-order valence-corrected chi connectivity index (χ4v) is 3.32. The predicted octanol–water partition coefficient (Wildman–Crippen LogP) is 2.71. The van der Waals surface area contributed by atoms with E-state index in [2.05, 4.69) is 0 Å². The molecule has 19 heavy (non-hydrogen) atoms. The van der Waals surface area contributed by atoms with E-state index in [0.717, 1.165) is 5.56 Å². The molecule has 2 aromatic carbocycles. The van der Waals surface area contributed by atoms with Gasteiger partial charge in [-0.25, -0.2) is 8.42 Å². The van der Waals surface area contributed by atoms with Crippen molar-refractivity contribution >= 4 is 16.1 Å². The fourth-order valence-electron chi connectivity index (χ4n) is 1.85. The van der Waals surface area contributed by atoms with Gasteiger partial charge in [-0.1, -0.05) is 48.0 Å². The van der Waals surface area contributed by atoms with Gasteiger partial charge < -0.3 is 4.79 Å². The van der Waals surface area contributed by atoms with Gasteiger partial charge in [0, 0.05) is 0 Å². The van der Waals surface area contributed by atoms with Gasteiger partial charge in [-0.05, 0) is 24.6 Å². The van der Waals surface area contributed by atoms with Gasteiger partial charge in [0.2, 0.25) is 0 Å². The average Bonchev–Trinajstić information content (AvgIpc) is 2.41. The highest BCUT2D eigenvalue weighted by Crippen LogP contribution is 2.27. The first kappa shape index (κ1) is 13.5. The van der Waals surface area contributed by atoms with Crippen molar-refractivity contribution in [3.63, 3.8) is 0 Å². The Bertz CT molecular complexity index is 658. The molecular weight excluding hydrogens is 260 g/mol. The third-order valence-electron chi connectivity index (χ3n) is 2.94. The molecule has 0 amide bonds. The monoisotopic (exact) mass is 274 g/mol. The van der Waals surface area contributed by atoms with Gasteiger partial charge in [-0.2, -0.15) is 0 Å². The van der Waals surface area contributed by atoms with Gasteiger partial charge in [0.25, 0.3) is 0 Å². The molecule has 0 aliphatic heterocycles. The van der Waals surface area contributed by atoms with Crippen LogP contribution in [0, 0.1) is 6.92 Å². The van der Waals surface area contributed by atoms with Crippen molar-refractivity contribution in [2.45, 2.75) is 17.1 Å². The van der Waals surface area contributed by atoms with Crippen LogP contribution in [0.4, 0.5) is 0 Å². The molecule has 0 bridgehead atoms. The van der Waals surface area contributed by atoms with Gasteiger partial charge in [-0.3, -0.25) is 0 Å². The highest BCUT2D eigenvalue weighted by Gasteiger charge is 2.28. The minimum atomic E-state index is -3.69. The van der Waals surface area contributed by atoms with Crippen LogP contribution in [-0.4, -0.2) is 14.7 Å². The van der Waals surface area contributed by atoms with Crippen molar-refractivity contribution in [2.75, 3.05) is 0 Å². The summed E-state index contributed by atoms with van der Waals surface area (Å²) in [4.78, 5) is 11.4. The Balaban J connectivity index is 2.48. The van der Waals surface area contributed by atoms with E-state index >= 15 is 0 Å². The lowest BCUT2D eigenvalue weighted by atomic mass is 10.2. The molecule has 0 radical (unpaired) electrons. The number of rotatable bonds is 4. The van der Waals surface area contributed by atoms with E-state index in [1.54, 1.807) is 42.5 Å². The minimum Gasteiger partial charge on any atom is -0.302 e. The molecule has 0 spiro atoms. The molecule has 3 nitrogen and oxygen atoms in total. The number of sulfone groups is 1. The molecule has 0 aliphatic rings. The molecule has 0 aliphatic carbocycles. The van der Waals surface area contributed by atoms with E-state index in [4.69, 9.17) is 0 Å². The van der Waals surface area contributed by atoms with E-state index in [1.165, 1.54) is 12.1 Å². The second-order valence-electron chi connectivity index (χ2n) is 4.33. The van der Waals surface area contributed by atoms with Crippen LogP contribution >= 0.6 is 0 Å². The Morgan fingerprint density at radius 3 is 2.05 bits per heavy atom. The summed E-state index contributed by atoms with van der Waals surface area (Å²) in [5, 5.41) is -1.16. The molecule has 0 heterocycles. The second kappa shape index (κ2) is 5.36. The van der Waals surface area contributed by atoms with Crippen LogP contribution in [0.1, 0.15) is 16.4 Å². The number of carbonyl (C=O) groups is 1. The molecule has 4 heteroatoms. The summed E-state index contributed by atoms with van der Waals surface area (Å²) in [6.45, 7) is 1.88. The van der Waals surface area contributed by atoms with Crippen molar-refractivity contribution < 1.29 is 13.2 Å². The molecule has 0 saturated heterocycles. The smallest absolute Gasteiger partial charge is 0.192 e. The molecule has 1 atom stereocenters. The summed E-state index contributed by atoms with van der Waals surface area (Å²) < 4.78 is 24.9. The van der Waals surface area contributed by atoms with Gasteiger partial charge in [0.1, 0.15) is 11.5 Å². The number of benzene rings is 2. The van der Waals surface area contributed by atoms with Crippen LogP contribution in [0.3, 0.4) is 0 Å². The fraction of sp³-hybridized carbons (Fsp3) is 0.133. The summed E-state index contributed by atoms with van der Waals surface area (Å²) in [6.07, 6.45) is 0.477. The molecule has 0 N–H and O–H groups in total. The zero-order valence-electron chi connectivity index (χ0n) is 10.5. The van der Waals surface area contributed by atoms with Gasteiger partial charge in [0.05, 0.1) is 4.90 Å². The third-order valence-corrected chi connectivity index (χ3v) is 4.92. The first-order valence-corrected chi connectivity index (χ1v) is 7.41. The van der Waals surface area contributed by atoms with Crippen molar-refractivity contribution in [2.24, 2.45) is 0 Å². The van der Waals surface area contributed by atoms with Crippen molar-refractivity contribution in [1.82, 2.24) is 0 Å². The summed E-state index contributed by atoms with van der Waals surface area (Å²) in [6, 6.07) is 15.0. The summed E-state index contributed by atoms with van der Waals surface area (Å²) >= 11 is 0. The second-order valence-corrected chi connectivity index (χ2v) is 6.39. The Labute approximate surface area is 112 Å². The summed E-state index contributed by atoms with van der Waals surface area (Å²) in [7, 11) is -3.69. The maximum atomic E-state index is 12.4. The third kappa shape index (κ3) is 2.74. The topological polar surface area (TPSA) is 51.2 Å². The molecule has 2 aromatic rings. The molecule has 0 aromatic heterocycles. The first-order valence-electron chi connectivity index (χ1n) is 5.86. The van der Waals surface area contributed by atoms with Crippen molar-refractivity contribution in [1.29, 1.82) is 0 Å². The van der Waals surface area contributed by atoms with Gasteiger partial charge in [0.15, 0.2) is 9.84 Å².